The second-order valence-electron chi connectivity index (χ2n) is 19.0. The van der Waals surface area contributed by atoms with Crippen molar-refractivity contribution in [2.75, 3.05) is 42.2 Å². The summed E-state index contributed by atoms with van der Waals surface area (Å²) in [5.41, 5.74) is 9.59. The van der Waals surface area contributed by atoms with Crippen LogP contribution in [0.15, 0.2) is 88.1 Å². The molecule has 356 valence electrons. The zero-order valence-corrected chi connectivity index (χ0v) is 40.5. The molecule has 5 aliphatic rings. The van der Waals surface area contributed by atoms with Crippen molar-refractivity contribution in [3.63, 3.8) is 0 Å². The number of anilines is 2. The van der Waals surface area contributed by atoms with Gasteiger partial charge in [-0.1, -0.05) is 57.9 Å². The molecule has 7 rings (SSSR count). The molecule has 14 nitrogen and oxygen atoms in total. The van der Waals surface area contributed by atoms with Gasteiger partial charge in [-0.15, -0.1) is 5.06 Å². The summed E-state index contributed by atoms with van der Waals surface area (Å²) < 4.78 is 75.3. The summed E-state index contributed by atoms with van der Waals surface area (Å²) >= 11 is 0. The third-order valence-electron chi connectivity index (χ3n) is 14.1. The van der Waals surface area contributed by atoms with E-state index in [1.165, 1.54) is 45.9 Å². The van der Waals surface area contributed by atoms with Crippen LogP contribution in [0.1, 0.15) is 134 Å². The number of aryl methyl sites for hydroxylation is 1. The van der Waals surface area contributed by atoms with Crippen molar-refractivity contribution < 1.29 is 49.7 Å². The molecule has 3 fully saturated rings. The topological polar surface area (TPSA) is 188 Å². The first-order chi connectivity index (χ1) is 31.2. The fourth-order valence-electron chi connectivity index (χ4n) is 10.5. The molecule has 0 bridgehead atoms. The molecule has 1 atom stereocenters. The zero-order valence-electron chi connectivity index (χ0n) is 38.9. The van der Waals surface area contributed by atoms with Crippen molar-refractivity contribution in [1.29, 1.82) is 0 Å². The maximum absolute atomic E-state index is 12.6. The van der Waals surface area contributed by atoms with Crippen LogP contribution in [0, 0.1) is 0 Å². The molecule has 1 aliphatic carbocycles. The van der Waals surface area contributed by atoms with Gasteiger partial charge in [0.2, 0.25) is 5.71 Å². The number of piperidine rings is 1. The number of likely N-dealkylation sites (N-methyl/N-ethyl adjacent to an activating group) is 1. The van der Waals surface area contributed by atoms with Crippen LogP contribution in [0.25, 0.3) is 0 Å². The molecule has 2 saturated heterocycles. The van der Waals surface area contributed by atoms with Gasteiger partial charge in [-0.25, -0.2) is 26.2 Å². The number of unbranched alkanes of at least 4 members (excludes halogenated alkanes) is 2. The first-order valence-electron chi connectivity index (χ1n) is 23.4. The van der Waals surface area contributed by atoms with Crippen LogP contribution in [-0.2, 0) is 56.7 Å². The number of imide groups is 1. The lowest BCUT2D eigenvalue weighted by molar-refractivity contribution is -0.536. The molecule has 2 amide bonds. The maximum Gasteiger partial charge on any atom is 0.333 e. The van der Waals surface area contributed by atoms with Gasteiger partial charge in [0.25, 0.3) is 11.8 Å². The SMILES string of the molecule is CCc1ccc2c(c1)C(C)(C)C(=CC=C1CCCC(=CC=C3N(CCCS(=O)(=O)[O-])c4ccc(S(=O)(=O)[O-])cc4C3(C)CCCCCC(=O)ON3C(=O)CCC3=O)C1=[N+]1CCCCC1)N2C. The molecular weight excluding hydrogens is 881 g/mol. The summed E-state index contributed by atoms with van der Waals surface area (Å²) in [6.07, 6.45) is 17.7. The van der Waals surface area contributed by atoms with Crippen LogP contribution < -0.4 is 9.80 Å². The highest BCUT2D eigenvalue weighted by Crippen LogP contribution is 2.52. The Morgan fingerprint density at radius 1 is 0.773 bits per heavy atom. The Hall–Kier alpha value is -4.90. The van der Waals surface area contributed by atoms with Crippen LogP contribution in [0.3, 0.4) is 0 Å². The summed E-state index contributed by atoms with van der Waals surface area (Å²) in [5.74, 6) is -2.39. The van der Waals surface area contributed by atoms with Crippen molar-refractivity contribution in [3.8, 4) is 0 Å². The summed E-state index contributed by atoms with van der Waals surface area (Å²) in [6.45, 7) is 10.7. The Morgan fingerprint density at radius 3 is 2.06 bits per heavy atom. The predicted octanol–water partition coefficient (Wildman–Crippen LogP) is 7.59. The lowest BCUT2D eigenvalue weighted by atomic mass is 9.76. The number of allylic oxidation sites excluding steroid dienone is 8. The quantitative estimate of drug-likeness (QED) is 0.0738. The minimum absolute atomic E-state index is 0.00276. The number of hydrogen-bond donors (Lipinski definition) is 0. The van der Waals surface area contributed by atoms with Gasteiger partial charge in [-0.05, 0) is 111 Å². The Morgan fingerprint density at radius 2 is 1.42 bits per heavy atom. The van der Waals surface area contributed by atoms with E-state index in [9.17, 15) is 40.3 Å². The van der Waals surface area contributed by atoms with Gasteiger partial charge in [0, 0.05) is 96.2 Å². The molecule has 1 saturated carbocycles. The molecule has 4 aliphatic heterocycles. The zero-order chi connectivity index (χ0) is 47.6. The number of rotatable bonds is 15. The molecule has 2 aromatic carbocycles. The summed E-state index contributed by atoms with van der Waals surface area (Å²) in [6, 6.07) is 11.0. The normalized spacial score (nSPS) is 23.5. The third kappa shape index (κ3) is 10.5. The summed E-state index contributed by atoms with van der Waals surface area (Å²) in [7, 11) is -7.24. The molecule has 0 spiro atoms. The molecular formula is C50H63N4O10S2-. The highest BCUT2D eigenvalue weighted by Gasteiger charge is 2.44. The number of amides is 2. The molecule has 0 N–H and O–H groups in total. The summed E-state index contributed by atoms with van der Waals surface area (Å²) in [4.78, 5) is 45.5. The van der Waals surface area contributed by atoms with E-state index in [-0.39, 0.29) is 42.5 Å². The van der Waals surface area contributed by atoms with Gasteiger partial charge >= 0.3 is 5.97 Å². The van der Waals surface area contributed by atoms with Crippen LogP contribution >= 0.6 is 0 Å². The van der Waals surface area contributed by atoms with Gasteiger partial charge in [-0.3, -0.25) is 9.59 Å². The fraction of sp³-hybridized carbons (Fsp3) is 0.520. The van der Waals surface area contributed by atoms with Crippen LogP contribution in [-0.4, -0.2) is 91.5 Å². The van der Waals surface area contributed by atoms with E-state index in [4.69, 9.17) is 4.84 Å². The molecule has 0 aromatic heterocycles. The maximum atomic E-state index is 12.6. The van der Waals surface area contributed by atoms with E-state index in [2.05, 4.69) is 79.8 Å². The Balaban J connectivity index is 1.25. The highest BCUT2D eigenvalue weighted by atomic mass is 32.2. The van der Waals surface area contributed by atoms with Gasteiger partial charge in [-0.2, -0.15) is 0 Å². The number of fused-ring (bicyclic) bond motifs is 2. The number of nitrogens with zero attached hydrogens (tertiary/aromatic N) is 4. The number of carbonyl (C=O) groups excluding carboxylic acids is 3. The van der Waals surface area contributed by atoms with E-state index in [0.29, 0.717) is 42.0 Å². The van der Waals surface area contributed by atoms with Gasteiger partial charge < -0.3 is 23.7 Å². The Bertz CT molecular complexity index is 2640. The monoisotopic (exact) mass is 943 g/mol. The van der Waals surface area contributed by atoms with Gasteiger partial charge in [0.15, 0.2) is 0 Å². The first kappa shape index (κ1) is 49.0. The Labute approximate surface area is 390 Å². The molecule has 2 aromatic rings. The second kappa shape index (κ2) is 19.7. The number of carbonyl (C=O) groups is 3. The first-order valence-corrected chi connectivity index (χ1v) is 26.4. The van der Waals surface area contributed by atoms with E-state index >= 15 is 0 Å². The van der Waals surface area contributed by atoms with Gasteiger partial charge in [0.05, 0.1) is 15.0 Å². The largest absolute Gasteiger partial charge is 0.748 e. The average Bonchev–Trinajstić information content (AvgIpc) is 3.78. The minimum Gasteiger partial charge on any atom is -0.748 e. The molecule has 4 heterocycles. The van der Waals surface area contributed by atoms with E-state index in [1.807, 2.05) is 11.8 Å². The predicted molar refractivity (Wildman–Crippen MR) is 251 cm³/mol. The van der Waals surface area contributed by atoms with E-state index < -0.39 is 49.2 Å². The number of benzene rings is 2. The van der Waals surface area contributed by atoms with Crippen molar-refractivity contribution in [2.24, 2.45) is 0 Å². The highest BCUT2D eigenvalue weighted by molar-refractivity contribution is 7.86. The van der Waals surface area contributed by atoms with Crippen LogP contribution in [0.2, 0.25) is 0 Å². The lowest BCUT2D eigenvalue weighted by Crippen LogP contribution is -2.32. The van der Waals surface area contributed by atoms with Crippen molar-refractivity contribution in [1.82, 2.24) is 5.06 Å². The standard InChI is InChI=1S/C50H64N4O10S2/c1-6-35-18-22-41-39(33-35)49(2,3)43(51(41)5)24-19-36-15-13-16-37(48(36)52-29-11-8-12-30-52)20-25-44-50(4,28-10-7-9-17-47(57)64-54-45(55)26-27-46(54)56)40-34-38(66(61,62)63)21-23-42(40)53(44)31-14-32-65(58,59)60/h18-25,33-34H,6-17,26-32H2,1-5H3,(H-,58,59,60,61,62,63)/p-1. The van der Waals surface area contributed by atoms with E-state index in [0.717, 1.165) is 69.3 Å². The van der Waals surface area contributed by atoms with E-state index in [1.54, 1.807) is 6.07 Å². The number of hydroxylamine groups is 2. The third-order valence-corrected chi connectivity index (χ3v) is 15.7. The van der Waals surface area contributed by atoms with Gasteiger partial charge in [0.1, 0.15) is 23.2 Å². The van der Waals surface area contributed by atoms with Crippen molar-refractivity contribution in [3.05, 3.63) is 99.9 Å². The minimum atomic E-state index is -4.85. The average molecular weight is 944 g/mol. The van der Waals surface area contributed by atoms with Crippen molar-refractivity contribution >= 4 is 55.1 Å². The van der Waals surface area contributed by atoms with Crippen LogP contribution in [0.4, 0.5) is 11.4 Å². The molecule has 16 heteroatoms. The second-order valence-corrected chi connectivity index (χ2v) is 21.9. The summed E-state index contributed by atoms with van der Waals surface area (Å²) in [5, 5.41) is 0.533. The molecule has 1 unspecified atom stereocenters. The Kier molecular flexibility index (Phi) is 14.7. The fourth-order valence-corrected chi connectivity index (χ4v) is 11.5. The smallest absolute Gasteiger partial charge is 0.333 e. The van der Waals surface area contributed by atoms with Crippen molar-refractivity contribution in [2.45, 2.75) is 140 Å². The molecule has 0 radical (unpaired) electrons. The van der Waals surface area contributed by atoms with Crippen LogP contribution in [0.5, 0.6) is 0 Å². The number of hydrogen-bond acceptors (Lipinski definition) is 12. The lowest BCUT2D eigenvalue weighted by Gasteiger charge is -2.31. The molecule has 66 heavy (non-hydrogen) atoms.